The topological polar surface area (TPSA) is 88.2 Å². The number of halogens is 1. The number of nitrogens with zero attached hydrogens (tertiary/aromatic N) is 1. The van der Waals surface area contributed by atoms with E-state index < -0.39 is 11.7 Å². The molecule has 6 heteroatoms. The van der Waals surface area contributed by atoms with Crippen molar-refractivity contribution in [3.05, 3.63) is 47.9 Å². The smallest absolute Gasteiger partial charge is 0.260 e. The first kappa shape index (κ1) is 11.8. The number of hydrogen-bond acceptors (Lipinski definition) is 4. The van der Waals surface area contributed by atoms with Crippen molar-refractivity contribution in [2.45, 2.75) is 0 Å². The van der Waals surface area contributed by atoms with Crippen molar-refractivity contribution in [2.75, 3.05) is 11.1 Å². The Balaban J connectivity index is 2.21. The number of carbonyl (C=O) groups excluding carboxylic acids is 1. The van der Waals surface area contributed by atoms with E-state index in [2.05, 4.69) is 10.3 Å². The van der Waals surface area contributed by atoms with E-state index in [-0.39, 0.29) is 17.1 Å². The number of benzene rings is 1. The zero-order chi connectivity index (χ0) is 13.1. The van der Waals surface area contributed by atoms with Gasteiger partial charge in [0.05, 0.1) is 17.4 Å². The van der Waals surface area contributed by atoms with Gasteiger partial charge >= 0.3 is 0 Å². The number of phenolic OH excluding ortho intramolecular Hbond substituents is 1. The van der Waals surface area contributed by atoms with Crippen molar-refractivity contribution in [2.24, 2.45) is 0 Å². The lowest BCUT2D eigenvalue weighted by molar-refractivity contribution is 0.102. The summed E-state index contributed by atoms with van der Waals surface area (Å²) in [5, 5.41) is 11.9. The van der Waals surface area contributed by atoms with Gasteiger partial charge in [-0.2, -0.15) is 0 Å². The van der Waals surface area contributed by atoms with Gasteiger partial charge in [-0.15, -0.1) is 0 Å². The molecule has 1 aromatic carbocycles. The summed E-state index contributed by atoms with van der Waals surface area (Å²) in [5.74, 6) is -1.30. The van der Waals surface area contributed by atoms with E-state index in [4.69, 9.17) is 5.73 Å². The largest absolute Gasteiger partial charge is 0.507 e. The van der Waals surface area contributed by atoms with Gasteiger partial charge in [-0.1, -0.05) is 0 Å². The fourth-order valence-electron chi connectivity index (χ4n) is 1.35. The molecule has 0 aliphatic heterocycles. The average Bonchev–Trinajstić information content (AvgIpc) is 2.35. The molecular weight excluding hydrogens is 237 g/mol. The van der Waals surface area contributed by atoms with Crippen LogP contribution in [0, 0.1) is 5.82 Å². The van der Waals surface area contributed by atoms with Gasteiger partial charge in [0.2, 0.25) is 0 Å². The Morgan fingerprint density at radius 1 is 1.33 bits per heavy atom. The van der Waals surface area contributed by atoms with Crippen LogP contribution in [0.15, 0.2) is 36.5 Å². The lowest BCUT2D eigenvalue weighted by Crippen LogP contribution is -2.13. The number of amides is 1. The predicted octanol–water partition coefficient (Wildman–Crippen LogP) is 1.76. The first-order valence-electron chi connectivity index (χ1n) is 5.07. The van der Waals surface area contributed by atoms with Gasteiger partial charge in [-0.3, -0.25) is 4.79 Å². The zero-order valence-corrected chi connectivity index (χ0v) is 9.22. The van der Waals surface area contributed by atoms with Gasteiger partial charge in [-0.25, -0.2) is 9.37 Å². The Bertz CT molecular complexity index is 584. The third-order valence-corrected chi connectivity index (χ3v) is 2.23. The Hall–Kier alpha value is -2.63. The lowest BCUT2D eigenvalue weighted by atomic mass is 10.2. The lowest BCUT2D eigenvalue weighted by Gasteiger charge is -2.06. The molecule has 1 amide bonds. The molecule has 5 nitrogen and oxygen atoms in total. The Kier molecular flexibility index (Phi) is 3.09. The van der Waals surface area contributed by atoms with Crippen LogP contribution in [0.5, 0.6) is 5.75 Å². The molecule has 0 saturated carbocycles. The highest BCUT2D eigenvalue weighted by Crippen LogP contribution is 2.19. The van der Waals surface area contributed by atoms with Crippen LogP contribution < -0.4 is 11.1 Å². The van der Waals surface area contributed by atoms with Gasteiger partial charge in [0, 0.05) is 0 Å². The minimum atomic E-state index is -0.649. The van der Waals surface area contributed by atoms with Gasteiger partial charge in [0.25, 0.3) is 5.91 Å². The average molecular weight is 247 g/mol. The molecule has 1 aromatic heterocycles. The maximum absolute atomic E-state index is 13.0. The summed E-state index contributed by atoms with van der Waals surface area (Å²) >= 11 is 0. The second-order valence-electron chi connectivity index (χ2n) is 3.59. The number of nitrogens with two attached hydrogens (primary N) is 1. The second kappa shape index (κ2) is 4.70. The summed E-state index contributed by atoms with van der Waals surface area (Å²) in [6, 6.07) is 6.19. The minimum absolute atomic E-state index is 0.159. The van der Waals surface area contributed by atoms with Gasteiger partial charge in [0.15, 0.2) is 0 Å². The van der Waals surface area contributed by atoms with Gasteiger partial charge < -0.3 is 16.2 Å². The monoisotopic (exact) mass is 247 g/mol. The van der Waals surface area contributed by atoms with Gasteiger partial charge in [0.1, 0.15) is 17.4 Å². The molecule has 92 valence electrons. The summed E-state index contributed by atoms with van der Waals surface area (Å²) in [6.07, 6.45) is 1.38. The fraction of sp³-hybridized carbons (Fsp3) is 0. The summed E-state index contributed by atoms with van der Waals surface area (Å²) < 4.78 is 13.0. The first-order chi connectivity index (χ1) is 8.56. The van der Waals surface area contributed by atoms with Crippen LogP contribution in [0.2, 0.25) is 0 Å². The molecule has 0 aliphatic rings. The van der Waals surface area contributed by atoms with Crippen molar-refractivity contribution >= 4 is 17.4 Å². The number of rotatable bonds is 2. The van der Waals surface area contributed by atoms with Crippen LogP contribution in [0.3, 0.4) is 0 Å². The second-order valence-corrected chi connectivity index (χ2v) is 3.59. The number of phenols is 1. The van der Waals surface area contributed by atoms with Crippen LogP contribution >= 0.6 is 0 Å². The SMILES string of the molecule is Nc1ccc(NC(=O)c2cc(F)ccc2O)nc1. The number of aromatic nitrogens is 1. The fourth-order valence-corrected chi connectivity index (χ4v) is 1.35. The number of anilines is 2. The summed E-state index contributed by atoms with van der Waals surface area (Å²) in [4.78, 5) is 15.6. The van der Waals surface area contributed by atoms with E-state index in [1.807, 2.05) is 0 Å². The molecule has 0 fully saturated rings. The van der Waals surface area contributed by atoms with Crippen molar-refractivity contribution in [3.63, 3.8) is 0 Å². The number of pyridine rings is 1. The van der Waals surface area contributed by atoms with Crippen molar-refractivity contribution in [3.8, 4) is 5.75 Å². The highest BCUT2D eigenvalue weighted by molar-refractivity contribution is 6.05. The van der Waals surface area contributed by atoms with Crippen molar-refractivity contribution < 1.29 is 14.3 Å². The molecule has 2 rings (SSSR count). The molecular formula is C12H10FN3O2. The maximum Gasteiger partial charge on any atom is 0.260 e. The molecule has 4 N–H and O–H groups in total. The molecule has 0 atom stereocenters. The van der Waals surface area contributed by atoms with Gasteiger partial charge in [-0.05, 0) is 30.3 Å². The van der Waals surface area contributed by atoms with E-state index in [0.29, 0.717) is 5.69 Å². The molecule has 0 radical (unpaired) electrons. The first-order valence-corrected chi connectivity index (χ1v) is 5.07. The third kappa shape index (κ3) is 2.54. The van der Waals surface area contributed by atoms with E-state index in [1.54, 1.807) is 6.07 Å². The van der Waals surface area contributed by atoms with Crippen LogP contribution in [-0.4, -0.2) is 16.0 Å². The molecule has 0 spiro atoms. The van der Waals surface area contributed by atoms with E-state index in [0.717, 1.165) is 18.2 Å². The molecule has 0 unspecified atom stereocenters. The zero-order valence-electron chi connectivity index (χ0n) is 9.22. The highest BCUT2D eigenvalue weighted by atomic mass is 19.1. The number of nitrogens with one attached hydrogen (secondary N) is 1. The molecule has 2 aromatic rings. The molecule has 0 aliphatic carbocycles. The van der Waals surface area contributed by atoms with Crippen LogP contribution in [0.25, 0.3) is 0 Å². The molecule has 1 heterocycles. The molecule has 18 heavy (non-hydrogen) atoms. The van der Waals surface area contributed by atoms with E-state index >= 15 is 0 Å². The highest BCUT2D eigenvalue weighted by Gasteiger charge is 2.12. The standard InChI is InChI=1S/C12H10FN3O2/c13-7-1-3-10(17)9(5-7)12(18)16-11-4-2-8(14)6-15-11/h1-6,17H,14H2,(H,15,16,18). The van der Waals surface area contributed by atoms with Crippen molar-refractivity contribution in [1.82, 2.24) is 4.98 Å². The number of hydrogen-bond donors (Lipinski definition) is 3. The summed E-state index contributed by atoms with van der Waals surface area (Å²) in [7, 11) is 0. The summed E-state index contributed by atoms with van der Waals surface area (Å²) in [6.45, 7) is 0. The number of nitrogen functional groups attached to an aromatic ring is 1. The quantitative estimate of drug-likeness (QED) is 0.754. The summed E-state index contributed by atoms with van der Waals surface area (Å²) in [5.41, 5.74) is 5.75. The van der Waals surface area contributed by atoms with Crippen LogP contribution in [0.1, 0.15) is 10.4 Å². The Morgan fingerprint density at radius 2 is 2.11 bits per heavy atom. The molecule has 0 bridgehead atoms. The normalized spacial score (nSPS) is 10.1. The maximum atomic E-state index is 13.0. The predicted molar refractivity (Wildman–Crippen MR) is 64.7 cm³/mol. The van der Waals surface area contributed by atoms with Crippen LogP contribution in [0.4, 0.5) is 15.9 Å². The third-order valence-electron chi connectivity index (χ3n) is 2.23. The molecule has 0 saturated heterocycles. The van der Waals surface area contributed by atoms with E-state index in [1.165, 1.54) is 12.3 Å². The number of carbonyl (C=O) groups is 1. The van der Waals surface area contributed by atoms with E-state index in [9.17, 15) is 14.3 Å². The van der Waals surface area contributed by atoms with Crippen LogP contribution in [-0.2, 0) is 0 Å². The van der Waals surface area contributed by atoms with Crippen molar-refractivity contribution in [1.29, 1.82) is 0 Å². The Morgan fingerprint density at radius 3 is 2.78 bits per heavy atom. The minimum Gasteiger partial charge on any atom is -0.507 e. The Labute approximate surface area is 102 Å². The number of aromatic hydroxyl groups is 1.